The molecule has 4 aromatic carbocycles. The highest BCUT2D eigenvalue weighted by Gasteiger charge is 2.60. The van der Waals surface area contributed by atoms with Gasteiger partial charge in [0.1, 0.15) is 0 Å². The summed E-state index contributed by atoms with van der Waals surface area (Å²) in [6, 6.07) is 30.8. The number of para-hydroxylation sites is 1. The Morgan fingerprint density at radius 2 is 1.51 bits per heavy atom. The summed E-state index contributed by atoms with van der Waals surface area (Å²) < 4.78 is 0. The SMILES string of the molecule is CCc1cc(-c2ccc(C(C)(C)C)cc2)ccc1B1c2cccc3c2N(c2cccc(C)c21)C1(C)CCCCC31C. The average Bonchev–Trinajstić information content (AvgIpc) is 3.18. The molecule has 1 nitrogen and oxygen atoms in total. The Balaban J connectivity index is 1.42. The van der Waals surface area contributed by atoms with Gasteiger partial charge in [-0.2, -0.15) is 0 Å². The summed E-state index contributed by atoms with van der Waals surface area (Å²) in [4.78, 5) is 2.80. The summed E-state index contributed by atoms with van der Waals surface area (Å²) in [6.45, 7) is 16.9. The summed E-state index contributed by atoms with van der Waals surface area (Å²) in [5, 5.41) is 0. The molecule has 3 aliphatic rings. The molecule has 41 heavy (non-hydrogen) atoms. The molecule has 2 aliphatic heterocycles. The molecule has 0 amide bonds. The van der Waals surface area contributed by atoms with Crippen LogP contribution in [0, 0.1) is 6.92 Å². The standard InChI is InChI=1S/C39H44BN/c1-8-27-25-29(28-17-20-30(21-18-28)37(3,4)5)19-22-32(27)40-33-15-12-14-31-36(33)41(34-16-11-13-26(2)35(34)40)39(7)24-10-9-23-38(31,39)6/h11-22,25H,8-10,23-24H2,1-7H3. The zero-order valence-electron chi connectivity index (χ0n) is 26.1. The third-order valence-electron chi connectivity index (χ3n) is 11.2. The lowest BCUT2D eigenvalue weighted by atomic mass is 9.33. The minimum atomic E-state index is 0.105. The van der Waals surface area contributed by atoms with Crippen LogP contribution in [0.3, 0.4) is 0 Å². The molecule has 4 aromatic rings. The fraction of sp³-hybridized carbons (Fsp3) is 0.385. The Morgan fingerprint density at radius 3 is 2.24 bits per heavy atom. The van der Waals surface area contributed by atoms with Crippen LogP contribution in [0.1, 0.15) is 89.5 Å². The molecule has 2 atom stereocenters. The first kappa shape index (κ1) is 26.6. The van der Waals surface area contributed by atoms with Crippen molar-refractivity contribution < 1.29 is 0 Å². The quantitative estimate of drug-likeness (QED) is 0.239. The van der Waals surface area contributed by atoms with Gasteiger partial charge in [0, 0.05) is 16.8 Å². The molecule has 1 aliphatic carbocycles. The second-order valence-corrected chi connectivity index (χ2v) is 14.4. The lowest BCUT2D eigenvalue weighted by molar-refractivity contribution is 0.195. The number of aryl methyl sites for hydroxylation is 2. The van der Waals surface area contributed by atoms with E-state index in [1.165, 1.54) is 81.3 Å². The van der Waals surface area contributed by atoms with E-state index in [2.05, 4.69) is 132 Å². The predicted molar refractivity (Wildman–Crippen MR) is 179 cm³/mol. The first-order valence-corrected chi connectivity index (χ1v) is 15.9. The number of anilines is 2. The summed E-state index contributed by atoms with van der Waals surface area (Å²) in [7, 11) is 0. The Morgan fingerprint density at radius 1 is 0.805 bits per heavy atom. The van der Waals surface area contributed by atoms with E-state index in [0.29, 0.717) is 0 Å². The van der Waals surface area contributed by atoms with Gasteiger partial charge < -0.3 is 4.90 Å². The largest absolute Gasteiger partial charge is 0.335 e. The summed E-state index contributed by atoms with van der Waals surface area (Å²) in [6.07, 6.45) is 6.18. The Kier molecular flexibility index (Phi) is 5.92. The van der Waals surface area contributed by atoms with Crippen molar-refractivity contribution >= 4 is 34.5 Å². The van der Waals surface area contributed by atoms with Crippen molar-refractivity contribution in [3.63, 3.8) is 0 Å². The highest BCUT2D eigenvalue weighted by atomic mass is 15.3. The number of benzene rings is 4. The molecular formula is C39H44BN. The zero-order valence-corrected chi connectivity index (χ0v) is 26.1. The summed E-state index contributed by atoms with van der Waals surface area (Å²) in [5.41, 5.74) is 16.3. The van der Waals surface area contributed by atoms with Crippen molar-refractivity contribution in [1.82, 2.24) is 0 Å². The number of fused-ring (bicyclic) bond motifs is 5. The monoisotopic (exact) mass is 537 g/mol. The highest BCUT2D eigenvalue weighted by molar-refractivity contribution is 6.98. The normalized spacial score (nSPS) is 22.8. The van der Waals surface area contributed by atoms with Gasteiger partial charge >= 0.3 is 0 Å². The summed E-state index contributed by atoms with van der Waals surface area (Å²) >= 11 is 0. The van der Waals surface area contributed by atoms with Crippen molar-refractivity contribution in [2.24, 2.45) is 0 Å². The van der Waals surface area contributed by atoms with E-state index in [9.17, 15) is 0 Å². The predicted octanol–water partition coefficient (Wildman–Crippen LogP) is 8.09. The Labute approximate surface area is 248 Å². The van der Waals surface area contributed by atoms with Crippen LogP contribution in [-0.2, 0) is 17.3 Å². The van der Waals surface area contributed by atoms with Crippen LogP contribution in [0.5, 0.6) is 0 Å². The Bertz CT molecular complexity index is 1660. The molecule has 0 radical (unpaired) electrons. The zero-order chi connectivity index (χ0) is 28.7. The van der Waals surface area contributed by atoms with Gasteiger partial charge in [0.25, 0.3) is 0 Å². The fourth-order valence-corrected chi connectivity index (χ4v) is 8.65. The van der Waals surface area contributed by atoms with E-state index in [0.717, 1.165) is 6.42 Å². The highest BCUT2D eigenvalue weighted by Crippen LogP contribution is 2.60. The van der Waals surface area contributed by atoms with Crippen molar-refractivity contribution in [2.75, 3.05) is 4.90 Å². The molecule has 2 unspecified atom stereocenters. The third-order valence-corrected chi connectivity index (χ3v) is 11.2. The van der Waals surface area contributed by atoms with Crippen LogP contribution in [0.2, 0.25) is 0 Å². The van der Waals surface area contributed by atoms with Crippen molar-refractivity contribution in [3.05, 3.63) is 101 Å². The van der Waals surface area contributed by atoms with Gasteiger partial charge in [0.2, 0.25) is 6.71 Å². The molecule has 7 rings (SSSR count). The fourth-order valence-electron chi connectivity index (χ4n) is 8.65. The minimum absolute atomic E-state index is 0.105. The number of nitrogens with zero attached hydrogens (tertiary/aromatic N) is 1. The molecular weight excluding hydrogens is 493 g/mol. The van der Waals surface area contributed by atoms with E-state index < -0.39 is 0 Å². The molecule has 0 bridgehead atoms. The van der Waals surface area contributed by atoms with Crippen LogP contribution >= 0.6 is 0 Å². The number of hydrogen-bond acceptors (Lipinski definition) is 1. The maximum absolute atomic E-state index is 2.80. The van der Waals surface area contributed by atoms with Gasteiger partial charge in [0.15, 0.2) is 0 Å². The van der Waals surface area contributed by atoms with Crippen molar-refractivity contribution in [3.8, 4) is 11.1 Å². The molecule has 2 heteroatoms. The van der Waals surface area contributed by atoms with Gasteiger partial charge in [0.05, 0.1) is 5.54 Å². The van der Waals surface area contributed by atoms with E-state index >= 15 is 0 Å². The van der Waals surface area contributed by atoms with Crippen molar-refractivity contribution in [1.29, 1.82) is 0 Å². The van der Waals surface area contributed by atoms with E-state index in [1.807, 2.05) is 0 Å². The maximum atomic E-state index is 2.80. The lowest BCUT2D eigenvalue weighted by Crippen LogP contribution is -2.63. The third kappa shape index (κ3) is 3.68. The molecule has 1 saturated carbocycles. The smallest absolute Gasteiger partial charge is 0.247 e. The van der Waals surface area contributed by atoms with Crippen LogP contribution < -0.4 is 21.3 Å². The molecule has 2 heterocycles. The molecule has 0 spiro atoms. The first-order chi connectivity index (χ1) is 19.6. The molecule has 0 saturated heterocycles. The molecule has 1 fully saturated rings. The lowest BCUT2D eigenvalue weighted by Gasteiger charge is -2.52. The van der Waals surface area contributed by atoms with Crippen LogP contribution in [0.4, 0.5) is 11.4 Å². The van der Waals surface area contributed by atoms with E-state index in [1.54, 1.807) is 5.56 Å². The molecule has 0 N–H and O–H groups in total. The van der Waals surface area contributed by atoms with Gasteiger partial charge in [-0.05, 0) is 77.8 Å². The van der Waals surface area contributed by atoms with Gasteiger partial charge in [-0.15, -0.1) is 0 Å². The van der Waals surface area contributed by atoms with E-state index in [4.69, 9.17) is 0 Å². The second kappa shape index (κ2) is 9.12. The van der Waals surface area contributed by atoms with Crippen LogP contribution in [-0.4, -0.2) is 12.3 Å². The first-order valence-electron chi connectivity index (χ1n) is 15.9. The van der Waals surface area contributed by atoms with Gasteiger partial charge in [-0.3, -0.25) is 0 Å². The molecule has 0 aromatic heterocycles. The maximum Gasteiger partial charge on any atom is 0.247 e. The topological polar surface area (TPSA) is 3.24 Å². The minimum Gasteiger partial charge on any atom is -0.335 e. The molecule has 208 valence electrons. The van der Waals surface area contributed by atoms with Gasteiger partial charge in [-0.25, -0.2) is 0 Å². The number of hydrogen-bond donors (Lipinski definition) is 0. The van der Waals surface area contributed by atoms with Crippen molar-refractivity contribution in [2.45, 2.75) is 96.9 Å². The second-order valence-electron chi connectivity index (χ2n) is 14.4. The average molecular weight is 538 g/mol. The van der Waals surface area contributed by atoms with Crippen LogP contribution in [0.25, 0.3) is 11.1 Å². The Hall–Kier alpha value is -3.26. The van der Waals surface area contributed by atoms with Gasteiger partial charge in [-0.1, -0.05) is 137 Å². The summed E-state index contributed by atoms with van der Waals surface area (Å²) in [5.74, 6) is 0. The van der Waals surface area contributed by atoms with Crippen LogP contribution in [0.15, 0.2) is 78.9 Å². The van der Waals surface area contributed by atoms with E-state index in [-0.39, 0.29) is 23.1 Å². The number of rotatable bonds is 3.